The van der Waals surface area contributed by atoms with Gasteiger partial charge in [0.1, 0.15) is 0 Å². The Morgan fingerprint density at radius 3 is 2.58 bits per heavy atom. The van der Waals surface area contributed by atoms with Crippen molar-refractivity contribution < 1.29 is 4.74 Å². The molecule has 0 atom stereocenters. The van der Waals surface area contributed by atoms with Crippen LogP contribution in [0.2, 0.25) is 0 Å². The normalized spacial score (nSPS) is 11.0. The summed E-state index contributed by atoms with van der Waals surface area (Å²) < 4.78 is 5.22. The molecule has 1 N–H and O–H groups in total. The summed E-state index contributed by atoms with van der Waals surface area (Å²) in [5.41, 5.74) is 0. The van der Waals surface area contributed by atoms with E-state index in [1.165, 1.54) is 6.42 Å². The maximum atomic E-state index is 5.22. The lowest BCUT2D eigenvalue weighted by molar-refractivity contribution is 0.144. The maximum absolute atomic E-state index is 5.22. The molecule has 0 rings (SSSR count). The van der Waals surface area contributed by atoms with Gasteiger partial charge in [0.2, 0.25) is 0 Å². The second kappa shape index (κ2) is 9.01. The molecular formula is C10H23NO. The predicted octanol–water partition coefficient (Wildman–Crippen LogP) is 2.05. The minimum absolute atomic E-state index is 0.810. The number of hydrogen-bond donors (Lipinski definition) is 1. The van der Waals surface area contributed by atoms with Gasteiger partial charge in [0.25, 0.3) is 0 Å². The molecule has 0 radical (unpaired) electrons. The second-order valence-corrected chi connectivity index (χ2v) is 3.48. The Hall–Kier alpha value is -0.0800. The van der Waals surface area contributed by atoms with Crippen LogP contribution in [0.5, 0.6) is 0 Å². The Morgan fingerprint density at radius 1 is 1.25 bits per heavy atom. The molecule has 0 bridgehead atoms. The molecule has 0 aromatic rings. The summed E-state index contributed by atoms with van der Waals surface area (Å²) in [6, 6.07) is 0. The molecule has 0 saturated carbocycles. The lowest BCUT2D eigenvalue weighted by atomic mass is 10.1. The number of nitrogens with one attached hydrogen (secondary N) is 1. The zero-order chi connectivity index (χ0) is 9.23. The standard InChI is InChI=1S/C10H23NO/c1-4-12-9-5-7-11-8-6-10(2)3/h10-11H,4-9H2,1-3H3. The highest BCUT2D eigenvalue weighted by molar-refractivity contribution is 4.50. The molecule has 74 valence electrons. The summed E-state index contributed by atoms with van der Waals surface area (Å²) >= 11 is 0. The molecule has 0 aromatic heterocycles. The minimum atomic E-state index is 0.810. The average Bonchev–Trinajstić information content (AvgIpc) is 2.02. The van der Waals surface area contributed by atoms with Crippen LogP contribution in [0.1, 0.15) is 33.6 Å². The molecule has 0 fully saturated rings. The van der Waals surface area contributed by atoms with Gasteiger partial charge in [0, 0.05) is 13.2 Å². The Labute approximate surface area is 76.7 Å². The fourth-order valence-electron chi connectivity index (χ4n) is 0.959. The van der Waals surface area contributed by atoms with Crippen LogP contribution in [0.3, 0.4) is 0 Å². The number of ether oxygens (including phenoxy) is 1. The maximum Gasteiger partial charge on any atom is 0.0477 e. The second-order valence-electron chi connectivity index (χ2n) is 3.48. The molecule has 2 nitrogen and oxygen atoms in total. The van der Waals surface area contributed by atoms with E-state index < -0.39 is 0 Å². The fourth-order valence-corrected chi connectivity index (χ4v) is 0.959. The van der Waals surface area contributed by atoms with Crippen molar-refractivity contribution in [1.82, 2.24) is 5.32 Å². The van der Waals surface area contributed by atoms with E-state index in [4.69, 9.17) is 4.74 Å². The Balaban J connectivity index is 2.82. The van der Waals surface area contributed by atoms with Gasteiger partial charge >= 0.3 is 0 Å². The third kappa shape index (κ3) is 9.92. The molecular weight excluding hydrogens is 150 g/mol. The van der Waals surface area contributed by atoms with Crippen LogP contribution < -0.4 is 5.32 Å². The van der Waals surface area contributed by atoms with Crippen LogP contribution >= 0.6 is 0 Å². The van der Waals surface area contributed by atoms with Crippen molar-refractivity contribution in [2.24, 2.45) is 5.92 Å². The van der Waals surface area contributed by atoms with E-state index >= 15 is 0 Å². The molecule has 0 spiro atoms. The molecule has 0 aliphatic rings. The van der Waals surface area contributed by atoms with Crippen LogP contribution in [-0.4, -0.2) is 26.3 Å². The van der Waals surface area contributed by atoms with E-state index in [1.54, 1.807) is 0 Å². The smallest absolute Gasteiger partial charge is 0.0477 e. The summed E-state index contributed by atoms with van der Waals surface area (Å²) in [6.45, 7) is 10.5. The van der Waals surface area contributed by atoms with Crippen molar-refractivity contribution >= 4 is 0 Å². The zero-order valence-corrected chi connectivity index (χ0v) is 8.73. The van der Waals surface area contributed by atoms with Gasteiger partial charge in [-0.1, -0.05) is 13.8 Å². The van der Waals surface area contributed by atoms with Crippen molar-refractivity contribution in [3.05, 3.63) is 0 Å². The molecule has 12 heavy (non-hydrogen) atoms. The summed E-state index contributed by atoms with van der Waals surface area (Å²) in [5, 5.41) is 3.40. The summed E-state index contributed by atoms with van der Waals surface area (Å²) in [6.07, 6.45) is 2.40. The summed E-state index contributed by atoms with van der Waals surface area (Å²) in [5.74, 6) is 0.810. The van der Waals surface area contributed by atoms with Crippen molar-refractivity contribution in [2.75, 3.05) is 26.3 Å². The lowest BCUT2D eigenvalue weighted by Crippen LogP contribution is -2.19. The van der Waals surface area contributed by atoms with Gasteiger partial charge in [-0.15, -0.1) is 0 Å². The molecule has 0 unspecified atom stereocenters. The van der Waals surface area contributed by atoms with E-state index in [-0.39, 0.29) is 0 Å². The van der Waals surface area contributed by atoms with Gasteiger partial charge in [-0.05, 0) is 38.8 Å². The van der Waals surface area contributed by atoms with Gasteiger partial charge in [0.15, 0.2) is 0 Å². The third-order valence-corrected chi connectivity index (χ3v) is 1.74. The fraction of sp³-hybridized carbons (Fsp3) is 1.00. The van der Waals surface area contributed by atoms with Gasteiger partial charge in [-0.3, -0.25) is 0 Å². The largest absolute Gasteiger partial charge is 0.382 e. The average molecular weight is 173 g/mol. The third-order valence-electron chi connectivity index (χ3n) is 1.74. The SMILES string of the molecule is CCOCCCNCCC(C)C. The quantitative estimate of drug-likeness (QED) is 0.567. The Morgan fingerprint density at radius 2 is 2.00 bits per heavy atom. The van der Waals surface area contributed by atoms with Gasteiger partial charge in [-0.25, -0.2) is 0 Å². The summed E-state index contributed by atoms with van der Waals surface area (Å²) in [7, 11) is 0. The topological polar surface area (TPSA) is 21.3 Å². The molecule has 2 heteroatoms. The van der Waals surface area contributed by atoms with Crippen molar-refractivity contribution in [2.45, 2.75) is 33.6 Å². The van der Waals surface area contributed by atoms with Crippen LogP contribution in [-0.2, 0) is 4.74 Å². The molecule has 0 heterocycles. The molecule has 0 aliphatic carbocycles. The Kier molecular flexibility index (Phi) is 8.95. The van der Waals surface area contributed by atoms with E-state index in [1.807, 2.05) is 6.92 Å². The molecule has 0 aliphatic heterocycles. The first-order chi connectivity index (χ1) is 5.77. The van der Waals surface area contributed by atoms with Crippen LogP contribution in [0.25, 0.3) is 0 Å². The molecule has 0 aromatic carbocycles. The highest BCUT2D eigenvalue weighted by Crippen LogP contribution is 1.95. The van der Waals surface area contributed by atoms with E-state index in [0.717, 1.165) is 38.6 Å². The van der Waals surface area contributed by atoms with Crippen molar-refractivity contribution in [1.29, 1.82) is 0 Å². The minimum Gasteiger partial charge on any atom is -0.382 e. The van der Waals surface area contributed by atoms with E-state index in [2.05, 4.69) is 19.2 Å². The number of rotatable bonds is 8. The predicted molar refractivity (Wildman–Crippen MR) is 53.4 cm³/mol. The first-order valence-corrected chi connectivity index (χ1v) is 5.05. The van der Waals surface area contributed by atoms with Gasteiger partial charge in [0.05, 0.1) is 0 Å². The van der Waals surface area contributed by atoms with Crippen molar-refractivity contribution in [3.8, 4) is 0 Å². The van der Waals surface area contributed by atoms with E-state index in [0.29, 0.717) is 0 Å². The first-order valence-electron chi connectivity index (χ1n) is 5.05. The van der Waals surface area contributed by atoms with Gasteiger partial charge < -0.3 is 10.1 Å². The Bertz CT molecular complexity index is 83.9. The van der Waals surface area contributed by atoms with Crippen LogP contribution in [0, 0.1) is 5.92 Å². The zero-order valence-electron chi connectivity index (χ0n) is 8.73. The highest BCUT2D eigenvalue weighted by atomic mass is 16.5. The molecule has 0 amide bonds. The van der Waals surface area contributed by atoms with Crippen LogP contribution in [0.15, 0.2) is 0 Å². The van der Waals surface area contributed by atoms with Gasteiger partial charge in [-0.2, -0.15) is 0 Å². The lowest BCUT2D eigenvalue weighted by Gasteiger charge is -2.06. The first kappa shape index (κ1) is 11.9. The molecule has 0 saturated heterocycles. The van der Waals surface area contributed by atoms with Crippen molar-refractivity contribution in [3.63, 3.8) is 0 Å². The van der Waals surface area contributed by atoms with Crippen LogP contribution in [0.4, 0.5) is 0 Å². The summed E-state index contributed by atoms with van der Waals surface area (Å²) in [4.78, 5) is 0. The van der Waals surface area contributed by atoms with E-state index in [9.17, 15) is 0 Å². The monoisotopic (exact) mass is 173 g/mol. The highest BCUT2D eigenvalue weighted by Gasteiger charge is 1.92. The number of hydrogen-bond acceptors (Lipinski definition) is 2.